The van der Waals surface area contributed by atoms with Gasteiger partial charge >= 0.3 is 0 Å². The Morgan fingerprint density at radius 1 is 1.54 bits per heavy atom. The number of aryl methyl sites for hydroxylation is 3. The molecule has 0 amide bonds. The lowest BCUT2D eigenvalue weighted by Crippen LogP contribution is -1.93. The third kappa shape index (κ3) is 2.76. The number of allylic oxidation sites excluding steroid dienone is 1. The van der Waals surface area contributed by atoms with Crippen LogP contribution in [0.25, 0.3) is 0 Å². The molecule has 13 heavy (non-hydrogen) atoms. The van der Waals surface area contributed by atoms with Crippen LogP contribution in [-0.2, 0) is 6.42 Å². The fraction of sp³-hybridized carbons (Fsp3) is 0.500. The highest BCUT2D eigenvalue weighted by Gasteiger charge is 2.05. The maximum absolute atomic E-state index is 5.44. The van der Waals surface area contributed by atoms with Crippen LogP contribution in [0.3, 0.4) is 0 Å². The Morgan fingerprint density at radius 3 is 2.69 bits per heavy atom. The molecule has 1 heteroatoms. The Balaban J connectivity index is 2.54. The quantitative estimate of drug-likeness (QED) is 0.686. The number of hydrogen-bond donors (Lipinski definition) is 0. The first-order valence-electron chi connectivity index (χ1n) is 4.74. The van der Waals surface area contributed by atoms with Crippen molar-refractivity contribution < 1.29 is 4.42 Å². The molecular weight excluding hydrogens is 160 g/mol. The van der Waals surface area contributed by atoms with Crippen molar-refractivity contribution in [1.29, 1.82) is 0 Å². The Morgan fingerprint density at radius 2 is 2.23 bits per heavy atom. The summed E-state index contributed by atoms with van der Waals surface area (Å²) in [6.07, 6.45) is 3.90. The van der Waals surface area contributed by atoms with E-state index in [0.717, 1.165) is 24.4 Å². The molecule has 0 spiro atoms. The number of furan rings is 1. The largest absolute Gasteiger partial charge is 0.466 e. The highest BCUT2D eigenvalue weighted by Crippen LogP contribution is 2.17. The predicted molar refractivity (Wildman–Crippen MR) is 54.5 cm³/mol. The molecular formula is C12H17O. The average molecular weight is 177 g/mol. The van der Waals surface area contributed by atoms with Gasteiger partial charge in [0.25, 0.3) is 0 Å². The summed E-state index contributed by atoms with van der Waals surface area (Å²) in [6.45, 7) is 11.6. The topological polar surface area (TPSA) is 13.1 Å². The minimum absolute atomic E-state index is 0.481. The van der Waals surface area contributed by atoms with Crippen LogP contribution < -0.4 is 0 Å². The molecule has 0 saturated heterocycles. The number of hydrogen-bond acceptors (Lipinski definition) is 1. The minimum atomic E-state index is 0.481. The van der Waals surface area contributed by atoms with Gasteiger partial charge in [-0.1, -0.05) is 19.6 Å². The molecule has 1 aromatic heterocycles. The second-order valence-electron chi connectivity index (χ2n) is 3.65. The molecule has 1 atom stereocenters. The van der Waals surface area contributed by atoms with Gasteiger partial charge in [-0.15, -0.1) is 0 Å². The van der Waals surface area contributed by atoms with Crippen LogP contribution in [0.1, 0.15) is 30.4 Å². The van der Waals surface area contributed by atoms with Crippen LogP contribution in [0.15, 0.2) is 16.6 Å². The van der Waals surface area contributed by atoms with Gasteiger partial charge in [0.15, 0.2) is 0 Å². The highest BCUT2D eigenvalue weighted by atomic mass is 16.3. The summed E-state index contributed by atoms with van der Waals surface area (Å²) < 4.78 is 5.44. The average Bonchev–Trinajstić information content (AvgIpc) is 2.41. The molecule has 0 bridgehead atoms. The van der Waals surface area contributed by atoms with Crippen LogP contribution in [0.4, 0.5) is 0 Å². The van der Waals surface area contributed by atoms with E-state index in [0.29, 0.717) is 5.92 Å². The van der Waals surface area contributed by atoms with Crippen molar-refractivity contribution in [2.24, 2.45) is 5.92 Å². The molecule has 0 aliphatic heterocycles. The monoisotopic (exact) mass is 177 g/mol. The first kappa shape index (κ1) is 10.1. The molecule has 0 N–H and O–H groups in total. The number of rotatable bonds is 4. The Hall–Kier alpha value is -0.980. The Kier molecular flexibility index (Phi) is 3.35. The molecule has 1 nitrogen and oxygen atoms in total. The van der Waals surface area contributed by atoms with Gasteiger partial charge < -0.3 is 4.42 Å². The predicted octanol–water partition coefficient (Wildman–Crippen LogP) is 3.45. The molecule has 1 heterocycles. The molecule has 71 valence electrons. The van der Waals surface area contributed by atoms with E-state index in [1.54, 1.807) is 6.08 Å². The van der Waals surface area contributed by atoms with Gasteiger partial charge in [0.2, 0.25) is 0 Å². The van der Waals surface area contributed by atoms with Crippen molar-refractivity contribution in [2.45, 2.75) is 33.6 Å². The van der Waals surface area contributed by atoms with Crippen LogP contribution in [-0.4, -0.2) is 0 Å². The van der Waals surface area contributed by atoms with Gasteiger partial charge in [-0.25, -0.2) is 0 Å². The van der Waals surface area contributed by atoms with Gasteiger partial charge in [0.05, 0.1) is 0 Å². The molecule has 1 rings (SSSR count). The summed E-state index contributed by atoms with van der Waals surface area (Å²) in [5.41, 5.74) is 1.31. The highest BCUT2D eigenvalue weighted by molar-refractivity contribution is 5.20. The summed E-state index contributed by atoms with van der Waals surface area (Å²) in [7, 11) is 0. The zero-order chi connectivity index (χ0) is 9.84. The SMILES string of the molecule is [CH]=CC(C)CCc1cc(C)oc1C. The third-order valence-electron chi connectivity index (χ3n) is 2.34. The second-order valence-corrected chi connectivity index (χ2v) is 3.65. The van der Waals surface area contributed by atoms with Crippen LogP contribution in [0, 0.1) is 26.3 Å². The van der Waals surface area contributed by atoms with E-state index in [-0.39, 0.29) is 0 Å². The van der Waals surface area contributed by atoms with Gasteiger partial charge in [-0.3, -0.25) is 0 Å². The van der Waals surface area contributed by atoms with Gasteiger partial charge in [-0.2, -0.15) is 0 Å². The van der Waals surface area contributed by atoms with E-state index in [2.05, 4.69) is 13.0 Å². The molecule has 1 radical (unpaired) electrons. The van der Waals surface area contributed by atoms with Crippen molar-refractivity contribution in [3.63, 3.8) is 0 Å². The maximum Gasteiger partial charge on any atom is 0.104 e. The van der Waals surface area contributed by atoms with Crippen molar-refractivity contribution in [3.05, 3.63) is 35.8 Å². The third-order valence-corrected chi connectivity index (χ3v) is 2.34. The van der Waals surface area contributed by atoms with Crippen LogP contribution in [0.2, 0.25) is 0 Å². The van der Waals surface area contributed by atoms with Crippen molar-refractivity contribution in [1.82, 2.24) is 0 Å². The summed E-state index contributed by atoms with van der Waals surface area (Å²) in [5.74, 6) is 2.52. The van der Waals surface area contributed by atoms with Gasteiger partial charge in [-0.05, 0) is 44.2 Å². The lowest BCUT2D eigenvalue weighted by atomic mass is 10.0. The summed E-state index contributed by atoms with van der Waals surface area (Å²) in [6, 6.07) is 2.11. The van der Waals surface area contributed by atoms with Crippen LogP contribution >= 0.6 is 0 Å². The van der Waals surface area contributed by atoms with Crippen molar-refractivity contribution >= 4 is 0 Å². The normalized spacial score (nSPS) is 12.8. The molecule has 0 aromatic carbocycles. The molecule has 1 unspecified atom stereocenters. The van der Waals surface area contributed by atoms with Crippen LogP contribution in [0.5, 0.6) is 0 Å². The second kappa shape index (κ2) is 4.31. The van der Waals surface area contributed by atoms with E-state index >= 15 is 0 Å². The van der Waals surface area contributed by atoms with Crippen molar-refractivity contribution in [2.75, 3.05) is 0 Å². The van der Waals surface area contributed by atoms with Gasteiger partial charge in [0.1, 0.15) is 11.5 Å². The summed E-state index contributed by atoms with van der Waals surface area (Å²) >= 11 is 0. The van der Waals surface area contributed by atoms with E-state index in [1.807, 2.05) is 13.8 Å². The lowest BCUT2D eigenvalue weighted by Gasteiger charge is -2.03. The van der Waals surface area contributed by atoms with Crippen molar-refractivity contribution in [3.8, 4) is 0 Å². The zero-order valence-corrected chi connectivity index (χ0v) is 8.63. The first-order chi connectivity index (χ1) is 6.13. The molecule has 0 saturated carbocycles. The van der Waals surface area contributed by atoms with Gasteiger partial charge in [0, 0.05) is 0 Å². The van der Waals surface area contributed by atoms with E-state index < -0.39 is 0 Å². The fourth-order valence-electron chi connectivity index (χ4n) is 1.41. The summed E-state index contributed by atoms with van der Waals surface area (Å²) in [5, 5.41) is 0. The van der Waals surface area contributed by atoms with E-state index in [1.165, 1.54) is 5.56 Å². The lowest BCUT2D eigenvalue weighted by molar-refractivity contribution is 0.499. The minimum Gasteiger partial charge on any atom is -0.466 e. The zero-order valence-electron chi connectivity index (χ0n) is 8.63. The standard InChI is InChI=1S/C12H17O/c1-5-9(2)6-7-12-8-10(3)13-11(12)4/h1,5,8-9H,6-7H2,2-4H3. The molecule has 0 fully saturated rings. The summed E-state index contributed by atoms with van der Waals surface area (Å²) in [4.78, 5) is 0. The Labute approximate surface area is 80.5 Å². The molecule has 0 aliphatic carbocycles. The smallest absolute Gasteiger partial charge is 0.104 e. The Bertz CT molecular complexity index is 283. The first-order valence-corrected chi connectivity index (χ1v) is 4.74. The van der Waals surface area contributed by atoms with E-state index in [9.17, 15) is 0 Å². The molecule has 1 aromatic rings. The molecule has 0 aliphatic rings. The maximum atomic E-state index is 5.44. The van der Waals surface area contributed by atoms with E-state index in [4.69, 9.17) is 11.0 Å². The fourth-order valence-corrected chi connectivity index (χ4v) is 1.41.